The number of sulfonamides is 1. The van der Waals surface area contributed by atoms with E-state index in [-0.39, 0.29) is 16.2 Å². The SMILES string of the molecule is CC1CN(C)CCN1C(=O)c1csc(S(N)(=O)=O)c1. The third-order valence-electron chi connectivity index (χ3n) is 3.19. The summed E-state index contributed by atoms with van der Waals surface area (Å²) in [5.74, 6) is -0.133. The standard InChI is InChI=1S/C11H17N3O3S2/c1-8-6-13(2)3-4-14(8)11(15)9-5-10(18-7-9)19(12,16)17/h5,7-8H,3-4,6H2,1-2H3,(H2,12,16,17). The average molecular weight is 303 g/mol. The maximum atomic E-state index is 12.3. The van der Waals surface area contributed by atoms with Crippen molar-refractivity contribution in [3.8, 4) is 0 Å². The summed E-state index contributed by atoms with van der Waals surface area (Å²) in [5, 5.41) is 6.59. The van der Waals surface area contributed by atoms with Crippen LogP contribution >= 0.6 is 11.3 Å². The average Bonchev–Trinajstić information content (AvgIpc) is 2.76. The number of hydrogen-bond acceptors (Lipinski definition) is 5. The van der Waals surface area contributed by atoms with Crippen molar-refractivity contribution in [2.75, 3.05) is 26.7 Å². The molecule has 1 atom stereocenters. The van der Waals surface area contributed by atoms with Crippen molar-refractivity contribution < 1.29 is 13.2 Å². The molecule has 19 heavy (non-hydrogen) atoms. The van der Waals surface area contributed by atoms with Gasteiger partial charge < -0.3 is 9.80 Å². The number of amides is 1. The second kappa shape index (κ2) is 5.20. The molecule has 1 amide bonds. The van der Waals surface area contributed by atoms with E-state index >= 15 is 0 Å². The molecule has 0 aliphatic carbocycles. The third kappa shape index (κ3) is 3.14. The first-order chi connectivity index (χ1) is 8.79. The van der Waals surface area contributed by atoms with E-state index in [0.29, 0.717) is 12.1 Å². The fraction of sp³-hybridized carbons (Fsp3) is 0.545. The van der Waals surface area contributed by atoms with Crippen molar-refractivity contribution >= 4 is 27.3 Å². The minimum absolute atomic E-state index is 0.0256. The molecular weight excluding hydrogens is 286 g/mol. The fourth-order valence-electron chi connectivity index (χ4n) is 2.19. The molecule has 0 aromatic carbocycles. The highest BCUT2D eigenvalue weighted by atomic mass is 32.2. The number of piperazine rings is 1. The molecule has 1 aromatic heterocycles. The van der Waals surface area contributed by atoms with Gasteiger partial charge in [0.05, 0.1) is 5.56 Å². The Bertz CT molecular complexity index is 582. The molecule has 2 N–H and O–H groups in total. The molecule has 6 nitrogen and oxygen atoms in total. The maximum absolute atomic E-state index is 12.3. The van der Waals surface area contributed by atoms with Crippen molar-refractivity contribution in [2.45, 2.75) is 17.2 Å². The number of carbonyl (C=O) groups excluding carboxylic acids is 1. The summed E-state index contributed by atoms with van der Waals surface area (Å²) in [6.45, 7) is 4.28. The summed E-state index contributed by atoms with van der Waals surface area (Å²) in [5.41, 5.74) is 0.394. The van der Waals surface area contributed by atoms with Gasteiger partial charge in [-0.15, -0.1) is 11.3 Å². The third-order valence-corrected chi connectivity index (χ3v) is 5.58. The minimum atomic E-state index is -3.73. The number of nitrogens with two attached hydrogens (primary N) is 1. The van der Waals surface area contributed by atoms with Crippen LogP contribution in [0, 0.1) is 0 Å². The molecule has 0 spiro atoms. The van der Waals surface area contributed by atoms with Gasteiger partial charge in [0.25, 0.3) is 5.91 Å². The number of hydrogen-bond donors (Lipinski definition) is 1. The van der Waals surface area contributed by atoms with Gasteiger partial charge in [-0.3, -0.25) is 4.79 Å². The van der Waals surface area contributed by atoms with E-state index in [1.807, 2.05) is 14.0 Å². The van der Waals surface area contributed by atoms with Crippen molar-refractivity contribution in [3.05, 3.63) is 17.0 Å². The van der Waals surface area contributed by atoms with Crippen molar-refractivity contribution in [3.63, 3.8) is 0 Å². The zero-order chi connectivity index (χ0) is 14.2. The van der Waals surface area contributed by atoms with E-state index < -0.39 is 10.0 Å². The molecule has 0 saturated carbocycles. The lowest BCUT2D eigenvalue weighted by Crippen LogP contribution is -2.52. The van der Waals surface area contributed by atoms with Gasteiger partial charge in [-0.05, 0) is 20.0 Å². The van der Waals surface area contributed by atoms with Crippen molar-refractivity contribution in [1.82, 2.24) is 9.80 Å². The van der Waals surface area contributed by atoms with Crippen LogP contribution in [0.4, 0.5) is 0 Å². The molecule has 0 bridgehead atoms. The van der Waals surface area contributed by atoms with Crippen LogP contribution in [0.3, 0.4) is 0 Å². The van der Waals surface area contributed by atoms with E-state index in [0.717, 1.165) is 24.4 Å². The predicted molar refractivity (Wildman–Crippen MR) is 73.7 cm³/mol. The molecule has 2 rings (SSSR count). The molecule has 1 unspecified atom stereocenters. The van der Waals surface area contributed by atoms with Gasteiger partial charge in [0.2, 0.25) is 10.0 Å². The van der Waals surface area contributed by atoms with Crippen molar-refractivity contribution in [2.24, 2.45) is 5.14 Å². The summed E-state index contributed by atoms with van der Waals surface area (Å²) in [4.78, 5) is 16.3. The van der Waals surface area contributed by atoms with Crippen LogP contribution in [-0.2, 0) is 10.0 Å². The highest BCUT2D eigenvalue weighted by molar-refractivity contribution is 7.91. The monoisotopic (exact) mass is 303 g/mol. The summed E-state index contributed by atoms with van der Waals surface area (Å²) in [6.07, 6.45) is 0. The van der Waals surface area contributed by atoms with Gasteiger partial charge in [-0.2, -0.15) is 0 Å². The Morgan fingerprint density at radius 1 is 1.47 bits per heavy atom. The Balaban J connectivity index is 2.18. The second-order valence-electron chi connectivity index (χ2n) is 4.81. The smallest absolute Gasteiger partial charge is 0.255 e. The lowest BCUT2D eigenvalue weighted by molar-refractivity contribution is 0.0534. The number of thiophene rings is 1. The number of likely N-dealkylation sites (N-methyl/N-ethyl adjacent to an activating group) is 1. The van der Waals surface area contributed by atoms with Gasteiger partial charge in [0.15, 0.2) is 0 Å². The molecule has 1 saturated heterocycles. The summed E-state index contributed by atoms with van der Waals surface area (Å²) in [6, 6.07) is 1.47. The Labute approximate surface area is 116 Å². The van der Waals surface area contributed by atoms with Crippen molar-refractivity contribution in [1.29, 1.82) is 0 Å². The Hall–Kier alpha value is -0.960. The van der Waals surface area contributed by atoms with Crippen LogP contribution in [0.5, 0.6) is 0 Å². The molecule has 1 fully saturated rings. The van der Waals surface area contributed by atoms with Gasteiger partial charge in [-0.1, -0.05) is 0 Å². The predicted octanol–water partition coefficient (Wildman–Crippen LogP) is 0.172. The molecule has 1 aliphatic heterocycles. The molecule has 1 aliphatic rings. The maximum Gasteiger partial charge on any atom is 0.255 e. The Morgan fingerprint density at radius 3 is 2.68 bits per heavy atom. The van der Waals surface area contributed by atoms with E-state index in [1.165, 1.54) is 6.07 Å². The van der Waals surface area contributed by atoms with E-state index in [9.17, 15) is 13.2 Å². The lowest BCUT2D eigenvalue weighted by atomic mass is 10.1. The van der Waals surface area contributed by atoms with Crippen LogP contribution in [0.25, 0.3) is 0 Å². The first-order valence-electron chi connectivity index (χ1n) is 5.90. The van der Waals surface area contributed by atoms with Crippen LogP contribution in [0.2, 0.25) is 0 Å². The summed E-state index contributed by atoms with van der Waals surface area (Å²) >= 11 is 0.980. The number of carbonyl (C=O) groups is 1. The molecular formula is C11H17N3O3S2. The lowest BCUT2D eigenvalue weighted by Gasteiger charge is -2.38. The highest BCUT2D eigenvalue weighted by Crippen LogP contribution is 2.21. The topological polar surface area (TPSA) is 83.7 Å². The number of rotatable bonds is 2. The van der Waals surface area contributed by atoms with Gasteiger partial charge in [-0.25, -0.2) is 13.6 Å². The molecule has 1 aromatic rings. The van der Waals surface area contributed by atoms with Crippen LogP contribution in [0.15, 0.2) is 15.7 Å². The quantitative estimate of drug-likeness (QED) is 0.844. The Kier molecular flexibility index (Phi) is 3.95. The van der Waals surface area contributed by atoms with Gasteiger partial charge >= 0.3 is 0 Å². The van der Waals surface area contributed by atoms with Crippen LogP contribution < -0.4 is 5.14 Å². The van der Waals surface area contributed by atoms with Gasteiger partial charge in [0, 0.05) is 31.1 Å². The summed E-state index contributed by atoms with van der Waals surface area (Å²) in [7, 11) is -1.71. The second-order valence-corrected chi connectivity index (χ2v) is 7.51. The first kappa shape index (κ1) is 14.4. The molecule has 0 radical (unpaired) electrons. The molecule has 106 valence electrons. The highest BCUT2D eigenvalue weighted by Gasteiger charge is 2.27. The van der Waals surface area contributed by atoms with E-state index in [2.05, 4.69) is 4.90 Å². The normalized spacial score (nSPS) is 21.6. The number of primary sulfonamides is 1. The van der Waals surface area contributed by atoms with Gasteiger partial charge in [0.1, 0.15) is 4.21 Å². The molecule has 8 heteroatoms. The van der Waals surface area contributed by atoms with E-state index in [4.69, 9.17) is 5.14 Å². The largest absolute Gasteiger partial charge is 0.333 e. The summed E-state index contributed by atoms with van der Waals surface area (Å²) < 4.78 is 22.4. The fourth-order valence-corrected chi connectivity index (χ4v) is 3.76. The zero-order valence-electron chi connectivity index (χ0n) is 10.9. The van der Waals surface area contributed by atoms with Crippen LogP contribution in [0.1, 0.15) is 17.3 Å². The molecule has 2 heterocycles. The van der Waals surface area contributed by atoms with E-state index in [1.54, 1.807) is 10.3 Å². The Morgan fingerprint density at radius 2 is 2.16 bits per heavy atom. The first-order valence-corrected chi connectivity index (χ1v) is 8.32. The zero-order valence-corrected chi connectivity index (χ0v) is 12.5. The number of nitrogens with zero attached hydrogens (tertiary/aromatic N) is 2. The van der Waals surface area contributed by atoms with Crippen LogP contribution in [-0.4, -0.2) is 56.8 Å². The minimum Gasteiger partial charge on any atom is -0.333 e.